The molecule has 1 saturated heterocycles. The molecule has 1 aromatic rings. The van der Waals surface area contributed by atoms with E-state index >= 15 is 0 Å². The number of piperidine rings is 1. The van der Waals surface area contributed by atoms with Crippen molar-refractivity contribution in [1.82, 2.24) is 14.9 Å². The Morgan fingerprint density at radius 2 is 1.86 bits per heavy atom. The van der Waals surface area contributed by atoms with Crippen molar-refractivity contribution in [2.24, 2.45) is 0 Å². The second-order valence-electron chi connectivity index (χ2n) is 7.00. The third-order valence-electron chi connectivity index (χ3n) is 5.17. The fraction of sp³-hybridized carbons (Fsp3) is 0.500. The van der Waals surface area contributed by atoms with Crippen molar-refractivity contribution in [1.29, 1.82) is 0 Å². The summed E-state index contributed by atoms with van der Waals surface area (Å²) in [6.07, 6.45) is 3.05. The third-order valence-corrected chi connectivity index (χ3v) is 7.14. The van der Waals surface area contributed by atoms with Crippen molar-refractivity contribution in [2.75, 3.05) is 19.7 Å². The molecule has 9 heteroatoms. The van der Waals surface area contributed by atoms with E-state index in [1.807, 2.05) is 6.92 Å². The van der Waals surface area contributed by atoms with E-state index in [2.05, 4.69) is 10.6 Å². The molecule has 3 rings (SSSR count). The van der Waals surface area contributed by atoms with Gasteiger partial charge in [-0.05, 0) is 37.8 Å². The number of rotatable bonds is 6. The van der Waals surface area contributed by atoms with Crippen LogP contribution in [0.4, 0.5) is 4.79 Å². The first-order valence-corrected chi connectivity index (χ1v) is 11.4. The highest BCUT2D eigenvalue weighted by atomic mass is 32.2. The lowest BCUT2D eigenvalue weighted by atomic mass is 9.94. The molecule has 0 radical (unpaired) electrons. The van der Waals surface area contributed by atoms with Gasteiger partial charge in [0.25, 0.3) is 0 Å². The number of amides is 2. The standard InChI is InChI=1S/C20H27N3O5S/c1-3-15-17(19(24)28-4-2)18(22-20(25)21-15)14-10-6-7-11-16(14)29(26,27)23-12-8-5-9-13-23/h6-7,10-11,18H,3-5,8-9,12-13H2,1-2H3,(H2,21,22,25). The summed E-state index contributed by atoms with van der Waals surface area (Å²) in [6, 6.07) is 5.13. The van der Waals surface area contributed by atoms with E-state index in [1.165, 1.54) is 10.4 Å². The largest absolute Gasteiger partial charge is 0.463 e. The van der Waals surface area contributed by atoms with Crippen LogP contribution in [0, 0.1) is 0 Å². The molecule has 0 spiro atoms. The zero-order valence-corrected chi connectivity index (χ0v) is 17.5. The number of ether oxygens (including phenoxy) is 1. The van der Waals surface area contributed by atoms with Crippen molar-refractivity contribution in [3.63, 3.8) is 0 Å². The lowest BCUT2D eigenvalue weighted by Crippen LogP contribution is -2.46. The highest BCUT2D eigenvalue weighted by Gasteiger charge is 2.37. The summed E-state index contributed by atoms with van der Waals surface area (Å²) in [6.45, 7) is 4.62. The van der Waals surface area contributed by atoms with E-state index in [0.29, 0.717) is 30.8 Å². The van der Waals surface area contributed by atoms with Crippen molar-refractivity contribution in [2.45, 2.75) is 50.5 Å². The Hall–Kier alpha value is -2.39. The Balaban J connectivity index is 2.11. The van der Waals surface area contributed by atoms with E-state index in [0.717, 1.165) is 19.3 Å². The predicted molar refractivity (Wildman–Crippen MR) is 107 cm³/mol. The van der Waals surface area contributed by atoms with Crippen LogP contribution in [0.25, 0.3) is 0 Å². The van der Waals surface area contributed by atoms with Crippen LogP contribution in [-0.4, -0.2) is 44.4 Å². The van der Waals surface area contributed by atoms with Gasteiger partial charge >= 0.3 is 12.0 Å². The van der Waals surface area contributed by atoms with E-state index in [-0.39, 0.29) is 17.1 Å². The number of benzene rings is 1. The van der Waals surface area contributed by atoms with Crippen molar-refractivity contribution in [3.05, 3.63) is 41.1 Å². The number of sulfonamides is 1. The molecule has 2 aliphatic rings. The van der Waals surface area contributed by atoms with E-state index in [4.69, 9.17) is 4.74 Å². The quantitative estimate of drug-likeness (QED) is 0.687. The van der Waals surface area contributed by atoms with Gasteiger partial charge in [-0.3, -0.25) is 0 Å². The summed E-state index contributed by atoms with van der Waals surface area (Å²) in [4.78, 5) is 25.0. The average molecular weight is 422 g/mol. The minimum Gasteiger partial charge on any atom is -0.463 e. The molecule has 0 saturated carbocycles. The second-order valence-corrected chi connectivity index (χ2v) is 8.91. The molecule has 2 amide bonds. The fourth-order valence-corrected chi connectivity index (χ4v) is 5.53. The molecule has 2 aliphatic heterocycles. The van der Waals surface area contributed by atoms with Gasteiger partial charge in [-0.15, -0.1) is 0 Å². The molecular weight excluding hydrogens is 394 g/mol. The molecule has 0 aliphatic carbocycles. The van der Waals surface area contributed by atoms with E-state index in [1.54, 1.807) is 25.1 Å². The number of esters is 1. The van der Waals surface area contributed by atoms with Gasteiger partial charge in [0.1, 0.15) is 0 Å². The minimum absolute atomic E-state index is 0.103. The normalized spacial score (nSPS) is 20.8. The van der Waals surface area contributed by atoms with Crippen LogP contribution in [0.5, 0.6) is 0 Å². The maximum atomic E-state index is 13.4. The summed E-state index contributed by atoms with van der Waals surface area (Å²) >= 11 is 0. The molecule has 0 aromatic heterocycles. The molecule has 2 heterocycles. The SMILES string of the molecule is CCOC(=O)C1=C(CC)NC(=O)NC1c1ccccc1S(=O)(=O)N1CCCCC1. The van der Waals surface area contributed by atoms with E-state index < -0.39 is 28.1 Å². The monoisotopic (exact) mass is 421 g/mol. The lowest BCUT2D eigenvalue weighted by Gasteiger charge is -2.32. The number of carbonyl (C=O) groups excluding carboxylic acids is 2. The summed E-state index contributed by atoms with van der Waals surface area (Å²) < 4.78 is 33.4. The van der Waals surface area contributed by atoms with E-state index in [9.17, 15) is 18.0 Å². The molecule has 2 N–H and O–H groups in total. The van der Waals surface area contributed by atoms with Gasteiger partial charge in [-0.2, -0.15) is 4.31 Å². The molecular formula is C20H27N3O5S. The summed E-state index contributed by atoms with van der Waals surface area (Å²) in [5.74, 6) is -0.577. The van der Waals surface area contributed by atoms with Crippen LogP contribution in [-0.2, 0) is 19.6 Å². The highest BCUT2D eigenvalue weighted by Crippen LogP contribution is 2.34. The molecule has 1 unspecified atom stereocenters. The second kappa shape index (κ2) is 8.96. The van der Waals surface area contributed by atoms with Crippen LogP contribution < -0.4 is 10.6 Å². The average Bonchev–Trinajstić information content (AvgIpc) is 2.73. The van der Waals surface area contributed by atoms with Gasteiger partial charge in [0.15, 0.2) is 0 Å². The molecule has 1 aromatic carbocycles. The Morgan fingerprint density at radius 1 is 1.17 bits per heavy atom. The smallest absolute Gasteiger partial charge is 0.338 e. The molecule has 1 fully saturated rings. The highest BCUT2D eigenvalue weighted by molar-refractivity contribution is 7.89. The van der Waals surface area contributed by atoms with Crippen molar-refractivity contribution < 1.29 is 22.7 Å². The van der Waals surface area contributed by atoms with Crippen LogP contribution in [0.3, 0.4) is 0 Å². The molecule has 29 heavy (non-hydrogen) atoms. The van der Waals surface area contributed by atoms with Crippen LogP contribution in [0.2, 0.25) is 0 Å². The Kier molecular flexibility index (Phi) is 6.59. The first kappa shape index (κ1) is 21.3. The number of allylic oxidation sites excluding steroid dienone is 1. The number of nitrogens with one attached hydrogen (secondary N) is 2. The minimum atomic E-state index is -3.76. The third kappa shape index (κ3) is 4.30. The maximum Gasteiger partial charge on any atom is 0.338 e. The zero-order valence-electron chi connectivity index (χ0n) is 16.7. The Bertz CT molecular complexity index is 920. The van der Waals surface area contributed by atoms with Crippen molar-refractivity contribution >= 4 is 22.0 Å². The molecule has 8 nitrogen and oxygen atoms in total. The Morgan fingerprint density at radius 3 is 2.52 bits per heavy atom. The number of carbonyl (C=O) groups is 2. The Labute approximate surface area is 171 Å². The zero-order chi connectivity index (χ0) is 21.0. The number of hydrogen-bond acceptors (Lipinski definition) is 5. The van der Waals surface area contributed by atoms with Gasteiger partial charge in [0.05, 0.1) is 23.1 Å². The molecule has 1 atom stereocenters. The molecule has 0 bridgehead atoms. The summed E-state index contributed by atoms with van der Waals surface area (Å²) in [7, 11) is -3.76. The number of urea groups is 1. The first-order valence-electron chi connectivity index (χ1n) is 9.96. The number of nitrogens with zero attached hydrogens (tertiary/aromatic N) is 1. The van der Waals surface area contributed by atoms with Crippen molar-refractivity contribution in [3.8, 4) is 0 Å². The van der Waals surface area contributed by atoms with Crippen LogP contribution in [0.15, 0.2) is 40.4 Å². The fourth-order valence-electron chi connectivity index (χ4n) is 3.78. The first-order chi connectivity index (χ1) is 13.9. The van der Waals surface area contributed by atoms with Crippen LogP contribution >= 0.6 is 0 Å². The lowest BCUT2D eigenvalue weighted by molar-refractivity contribution is -0.139. The number of hydrogen-bond donors (Lipinski definition) is 2. The van der Waals surface area contributed by atoms with Gasteiger partial charge in [0, 0.05) is 18.8 Å². The van der Waals surface area contributed by atoms with Gasteiger partial charge < -0.3 is 15.4 Å². The van der Waals surface area contributed by atoms with Crippen LogP contribution in [0.1, 0.15) is 51.1 Å². The topological polar surface area (TPSA) is 105 Å². The summed E-state index contributed by atoms with van der Waals surface area (Å²) in [5, 5.41) is 5.36. The maximum absolute atomic E-state index is 13.4. The van der Waals surface area contributed by atoms with Gasteiger partial charge in [-0.1, -0.05) is 31.5 Å². The van der Waals surface area contributed by atoms with Gasteiger partial charge in [0.2, 0.25) is 10.0 Å². The predicted octanol–water partition coefficient (Wildman–Crippen LogP) is 2.44. The van der Waals surface area contributed by atoms with Gasteiger partial charge in [-0.25, -0.2) is 18.0 Å². The molecule has 158 valence electrons. The summed E-state index contributed by atoms with van der Waals surface area (Å²) in [5.41, 5.74) is 1.03.